The molecule has 1 rings (SSSR count). The van der Waals surface area contributed by atoms with Gasteiger partial charge in [0.2, 0.25) is 0 Å². The number of carbonyl (C=O) groups is 1. The standard InChI is InChI=1S/C11H15NO2/c1-8(13)10-7-9(12(2)3)5-6-11(10)14-4/h5-7H,1-4H3. The molecule has 0 aliphatic heterocycles. The molecule has 0 heterocycles. The van der Waals surface area contributed by atoms with E-state index >= 15 is 0 Å². The summed E-state index contributed by atoms with van der Waals surface area (Å²) in [4.78, 5) is 13.3. The molecule has 1 aromatic carbocycles. The van der Waals surface area contributed by atoms with E-state index in [-0.39, 0.29) is 5.78 Å². The van der Waals surface area contributed by atoms with Crippen LogP contribution in [0.2, 0.25) is 0 Å². The van der Waals surface area contributed by atoms with Gasteiger partial charge in [-0.25, -0.2) is 0 Å². The van der Waals surface area contributed by atoms with Crippen molar-refractivity contribution in [2.75, 3.05) is 26.1 Å². The van der Waals surface area contributed by atoms with Gasteiger partial charge in [-0.2, -0.15) is 0 Å². The molecular weight excluding hydrogens is 178 g/mol. The summed E-state index contributed by atoms with van der Waals surface area (Å²) in [5.41, 5.74) is 1.62. The van der Waals surface area contributed by atoms with E-state index in [0.717, 1.165) is 5.69 Å². The number of carbonyl (C=O) groups excluding carboxylic acids is 1. The molecule has 0 radical (unpaired) electrons. The first kappa shape index (κ1) is 10.6. The number of nitrogens with zero attached hydrogens (tertiary/aromatic N) is 1. The summed E-state index contributed by atoms with van der Waals surface area (Å²) in [6.45, 7) is 1.54. The number of benzene rings is 1. The van der Waals surface area contributed by atoms with Gasteiger partial charge in [0.05, 0.1) is 12.7 Å². The Bertz CT molecular complexity index is 345. The number of rotatable bonds is 3. The monoisotopic (exact) mass is 193 g/mol. The number of hydrogen-bond donors (Lipinski definition) is 0. The maximum Gasteiger partial charge on any atom is 0.163 e. The van der Waals surface area contributed by atoms with E-state index in [1.54, 1.807) is 7.11 Å². The first-order valence-corrected chi connectivity index (χ1v) is 4.42. The second-order valence-electron chi connectivity index (χ2n) is 3.34. The van der Waals surface area contributed by atoms with Gasteiger partial charge < -0.3 is 9.64 Å². The van der Waals surface area contributed by atoms with Crippen LogP contribution in [-0.2, 0) is 0 Å². The normalized spacial score (nSPS) is 9.71. The lowest BCUT2D eigenvalue weighted by Gasteiger charge is -2.14. The van der Waals surface area contributed by atoms with Gasteiger partial charge in [-0.3, -0.25) is 4.79 Å². The van der Waals surface area contributed by atoms with E-state index in [1.807, 2.05) is 37.2 Å². The van der Waals surface area contributed by atoms with Gasteiger partial charge in [0.15, 0.2) is 5.78 Å². The van der Waals surface area contributed by atoms with E-state index < -0.39 is 0 Å². The molecule has 0 unspecified atom stereocenters. The van der Waals surface area contributed by atoms with Crippen molar-refractivity contribution >= 4 is 11.5 Å². The molecule has 3 heteroatoms. The van der Waals surface area contributed by atoms with Crippen LogP contribution in [0.4, 0.5) is 5.69 Å². The van der Waals surface area contributed by atoms with Crippen LogP contribution in [0, 0.1) is 0 Å². The number of anilines is 1. The fourth-order valence-electron chi connectivity index (χ4n) is 1.25. The summed E-state index contributed by atoms with van der Waals surface area (Å²) >= 11 is 0. The van der Waals surface area contributed by atoms with Crippen molar-refractivity contribution in [3.05, 3.63) is 23.8 Å². The summed E-state index contributed by atoms with van der Waals surface area (Å²) < 4.78 is 5.10. The third-order valence-corrected chi connectivity index (χ3v) is 2.08. The highest BCUT2D eigenvalue weighted by Crippen LogP contribution is 2.24. The van der Waals surface area contributed by atoms with Gasteiger partial charge in [-0.05, 0) is 25.1 Å². The Balaban J connectivity index is 3.21. The van der Waals surface area contributed by atoms with E-state index in [2.05, 4.69) is 0 Å². The topological polar surface area (TPSA) is 29.5 Å². The fourth-order valence-corrected chi connectivity index (χ4v) is 1.25. The SMILES string of the molecule is COc1ccc(N(C)C)cc1C(C)=O. The first-order chi connectivity index (χ1) is 6.56. The smallest absolute Gasteiger partial charge is 0.163 e. The lowest BCUT2D eigenvalue weighted by molar-refractivity contribution is 0.101. The zero-order valence-corrected chi connectivity index (χ0v) is 9.00. The van der Waals surface area contributed by atoms with Gasteiger partial charge in [0.25, 0.3) is 0 Å². The maximum atomic E-state index is 11.3. The van der Waals surface area contributed by atoms with E-state index in [9.17, 15) is 4.79 Å². The van der Waals surface area contributed by atoms with Crippen molar-refractivity contribution in [1.82, 2.24) is 0 Å². The van der Waals surface area contributed by atoms with E-state index in [0.29, 0.717) is 11.3 Å². The predicted molar refractivity (Wildman–Crippen MR) is 57.3 cm³/mol. The van der Waals surface area contributed by atoms with Gasteiger partial charge in [-0.1, -0.05) is 0 Å². The van der Waals surface area contributed by atoms with Gasteiger partial charge in [0, 0.05) is 19.8 Å². The summed E-state index contributed by atoms with van der Waals surface area (Å²) in [6.07, 6.45) is 0. The quantitative estimate of drug-likeness (QED) is 0.687. The minimum Gasteiger partial charge on any atom is -0.496 e. The highest BCUT2D eigenvalue weighted by atomic mass is 16.5. The summed E-state index contributed by atoms with van der Waals surface area (Å²) in [5.74, 6) is 0.647. The molecule has 0 saturated heterocycles. The Morgan fingerprint density at radius 1 is 1.36 bits per heavy atom. The Morgan fingerprint density at radius 3 is 2.43 bits per heavy atom. The molecule has 0 N–H and O–H groups in total. The molecule has 0 aliphatic carbocycles. The molecule has 0 aliphatic rings. The summed E-state index contributed by atoms with van der Waals surface area (Å²) in [6, 6.07) is 5.57. The summed E-state index contributed by atoms with van der Waals surface area (Å²) in [7, 11) is 5.44. The molecule has 0 atom stereocenters. The van der Waals surface area contributed by atoms with Crippen molar-refractivity contribution in [3.8, 4) is 5.75 Å². The van der Waals surface area contributed by atoms with Crippen molar-refractivity contribution in [1.29, 1.82) is 0 Å². The third kappa shape index (κ3) is 2.05. The maximum absolute atomic E-state index is 11.3. The average molecular weight is 193 g/mol. The van der Waals surface area contributed by atoms with Crippen LogP contribution in [0.1, 0.15) is 17.3 Å². The van der Waals surface area contributed by atoms with Crippen molar-refractivity contribution in [2.24, 2.45) is 0 Å². The van der Waals surface area contributed by atoms with Gasteiger partial charge >= 0.3 is 0 Å². The van der Waals surface area contributed by atoms with Crippen LogP contribution in [0.25, 0.3) is 0 Å². The Morgan fingerprint density at radius 2 is 2.00 bits per heavy atom. The van der Waals surface area contributed by atoms with Crippen LogP contribution >= 0.6 is 0 Å². The summed E-state index contributed by atoms with van der Waals surface area (Å²) in [5, 5.41) is 0. The van der Waals surface area contributed by atoms with Gasteiger partial charge in [0.1, 0.15) is 5.75 Å². The molecule has 1 aromatic rings. The van der Waals surface area contributed by atoms with Crippen LogP contribution in [0.3, 0.4) is 0 Å². The molecule has 14 heavy (non-hydrogen) atoms. The highest BCUT2D eigenvalue weighted by molar-refractivity contribution is 5.97. The molecule has 0 fully saturated rings. The van der Waals surface area contributed by atoms with Crippen LogP contribution in [-0.4, -0.2) is 27.0 Å². The number of Topliss-reactive ketones (excluding diaryl/α,β-unsaturated/α-hetero) is 1. The van der Waals surface area contributed by atoms with E-state index in [1.165, 1.54) is 6.92 Å². The molecule has 3 nitrogen and oxygen atoms in total. The Kier molecular flexibility index (Phi) is 3.12. The van der Waals surface area contributed by atoms with Crippen molar-refractivity contribution in [3.63, 3.8) is 0 Å². The number of ketones is 1. The van der Waals surface area contributed by atoms with Crippen LogP contribution < -0.4 is 9.64 Å². The average Bonchev–Trinajstić information content (AvgIpc) is 2.16. The largest absolute Gasteiger partial charge is 0.496 e. The minimum atomic E-state index is 0.0190. The highest BCUT2D eigenvalue weighted by Gasteiger charge is 2.09. The zero-order chi connectivity index (χ0) is 10.7. The lowest BCUT2D eigenvalue weighted by atomic mass is 10.1. The lowest BCUT2D eigenvalue weighted by Crippen LogP contribution is -2.09. The van der Waals surface area contributed by atoms with Crippen LogP contribution in [0.15, 0.2) is 18.2 Å². The molecular formula is C11H15NO2. The molecule has 0 bridgehead atoms. The number of hydrogen-bond acceptors (Lipinski definition) is 3. The van der Waals surface area contributed by atoms with E-state index in [4.69, 9.17) is 4.74 Å². The van der Waals surface area contributed by atoms with Crippen LogP contribution in [0.5, 0.6) is 5.75 Å². The van der Waals surface area contributed by atoms with Crippen molar-refractivity contribution < 1.29 is 9.53 Å². The predicted octanol–water partition coefficient (Wildman–Crippen LogP) is 1.96. The second-order valence-corrected chi connectivity index (χ2v) is 3.34. The van der Waals surface area contributed by atoms with Crippen molar-refractivity contribution in [2.45, 2.75) is 6.92 Å². The molecule has 0 spiro atoms. The Labute approximate surface area is 84.3 Å². The first-order valence-electron chi connectivity index (χ1n) is 4.42. The molecule has 0 saturated carbocycles. The van der Waals surface area contributed by atoms with Gasteiger partial charge in [-0.15, -0.1) is 0 Å². The number of methoxy groups -OCH3 is 1. The second kappa shape index (κ2) is 4.13. The third-order valence-electron chi connectivity index (χ3n) is 2.08. The zero-order valence-electron chi connectivity index (χ0n) is 9.00. The minimum absolute atomic E-state index is 0.0190. The molecule has 0 amide bonds. The molecule has 0 aromatic heterocycles. The Hall–Kier alpha value is -1.51. The number of ether oxygens (including phenoxy) is 1. The molecule has 76 valence electrons. The fraction of sp³-hybridized carbons (Fsp3) is 0.364.